The van der Waals surface area contributed by atoms with Gasteiger partial charge in [-0.1, -0.05) is 0 Å². The number of hydrogen-bond acceptors (Lipinski definition) is 10. The number of ether oxygens (including phenoxy) is 2. The predicted molar refractivity (Wildman–Crippen MR) is 99.2 cm³/mol. The van der Waals surface area contributed by atoms with Gasteiger partial charge in [-0.25, -0.2) is 4.79 Å². The number of nitro benzene ring substituents is 1. The van der Waals surface area contributed by atoms with Crippen molar-refractivity contribution in [3.05, 3.63) is 34.4 Å². The van der Waals surface area contributed by atoms with Crippen molar-refractivity contribution in [3.63, 3.8) is 0 Å². The highest BCUT2D eigenvalue weighted by Crippen LogP contribution is 2.53. The summed E-state index contributed by atoms with van der Waals surface area (Å²) in [6, 6.07) is 3.58. The van der Waals surface area contributed by atoms with Gasteiger partial charge in [0, 0.05) is 32.0 Å². The topological polar surface area (TPSA) is 143 Å². The molecular weight excluding hydrogens is 395 g/mol. The standard InChI is InChI=1S/C16H23N2O9P/c1-5-26-15(19)13(17-11-7-9-12(10-8-11)18(21)22)14(16(20)27-6-2)28(23,24-3)25-4/h7-10,13-14,17H,5-6H2,1-4H3. The molecule has 0 saturated heterocycles. The minimum Gasteiger partial charge on any atom is -0.465 e. The molecule has 0 heterocycles. The van der Waals surface area contributed by atoms with Crippen LogP contribution in [-0.2, 0) is 32.7 Å². The summed E-state index contributed by atoms with van der Waals surface area (Å²) < 4.78 is 32.7. The molecule has 0 radical (unpaired) electrons. The molecule has 0 amide bonds. The van der Waals surface area contributed by atoms with Gasteiger partial charge in [0.15, 0.2) is 5.66 Å². The third kappa shape index (κ3) is 5.75. The van der Waals surface area contributed by atoms with E-state index in [4.69, 9.17) is 18.5 Å². The van der Waals surface area contributed by atoms with Crippen LogP contribution in [-0.4, -0.2) is 56.0 Å². The van der Waals surface area contributed by atoms with Crippen LogP contribution in [0, 0.1) is 10.1 Å². The first-order chi connectivity index (χ1) is 13.2. The molecule has 0 aliphatic rings. The molecule has 156 valence electrons. The molecule has 0 spiro atoms. The summed E-state index contributed by atoms with van der Waals surface area (Å²) in [6.07, 6.45) is 0. The number of carbonyl (C=O) groups is 2. The molecule has 12 heteroatoms. The monoisotopic (exact) mass is 418 g/mol. The Bertz CT molecular complexity index is 730. The van der Waals surface area contributed by atoms with E-state index in [0.717, 1.165) is 14.2 Å². The minimum absolute atomic E-state index is 0.00289. The summed E-state index contributed by atoms with van der Waals surface area (Å²) in [5.41, 5.74) is -1.59. The largest absolute Gasteiger partial charge is 0.465 e. The summed E-state index contributed by atoms with van der Waals surface area (Å²) in [6.45, 7) is 3.07. The Morgan fingerprint density at radius 3 is 2.00 bits per heavy atom. The maximum absolute atomic E-state index is 13.0. The van der Waals surface area contributed by atoms with Crippen molar-refractivity contribution < 1.29 is 37.6 Å². The fraction of sp³-hybridized carbons (Fsp3) is 0.500. The average molecular weight is 418 g/mol. The summed E-state index contributed by atoms with van der Waals surface area (Å²) in [4.78, 5) is 35.2. The number of anilines is 1. The van der Waals surface area contributed by atoms with E-state index in [-0.39, 0.29) is 24.6 Å². The Morgan fingerprint density at radius 1 is 1.07 bits per heavy atom. The van der Waals surface area contributed by atoms with E-state index in [1.54, 1.807) is 13.8 Å². The van der Waals surface area contributed by atoms with Crippen LogP contribution in [0.2, 0.25) is 0 Å². The van der Waals surface area contributed by atoms with Gasteiger partial charge in [-0.2, -0.15) is 0 Å². The van der Waals surface area contributed by atoms with Crippen LogP contribution in [0.15, 0.2) is 24.3 Å². The zero-order valence-corrected chi connectivity index (χ0v) is 16.8. The van der Waals surface area contributed by atoms with Gasteiger partial charge >= 0.3 is 19.5 Å². The molecule has 0 saturated carbocycles. The van der Waals surface area contributed by atoms with Crippen molar-refractivity contribution in [2.24, 2.45) is 0 Å². The predicted octanol–water partition coefficient (Wildman–Crippen LogP) is 2.36. The van der Waals surface area contributed by atoms with E-state index < -0.39 is 36.2 Å². The second kappa shape index (κ2) is 10.7. The lowest BCUT2D eigenvalue weighted by Gasteiger charge is -2.29. The van der Waals surface area contributed by atoms with Gasteiger partial charge < -0.3 is 23.8 Å². The molecular formula is C16H23N2O9P. The third-order valence-electron chi connectivity index (χ3n) is 3.63. The van der Waals surface area contributed by atoms with E-state index in [0.29, 0.717) is 0 Å². The van der Waals surface area contributed by atoms with Gasteiger partial charge in [0.05, 0.1) is 18.1 Å². The Hall–Kier alpha value is -2.49. The van der Waals surface area contributed by atoms with Crippen molar-refractivity contribution in [1.82, 2.24) is 0 Å². The number of carbonyl (C=O) groups excluding carboxylic acids is 2. The molecule has 1 N–H and O–H groups in total. The molecule has 1 aromatic rings. The van der Waals surface area contributed by atoms with E-state index in [1.165, 1.54) is 24.3 Å². The number of esters is 2. The lowest BCUT2D eigenvalue weighted by molar-refractivity contribution is -0.384. The SMILES string of the molecule is CCOC(=O)C(Nc1ccc([N+](=O)[O-])cc1)C(C(=O)OCC)P(=O)(OC)OC. The van der Waals surface area contributed by atoms with Crippen LogP contribution < -0.4 is 5.32 Å². The highest BCUT2D eigenvalue weighted by molar-refractivity contribution is 7.55. The number of benzene rings is 1. The van der Waals surface area contributed by atoms with Crippen molar-refractivity contribution in [2.75, 3.05) is 32.8 Å². The quantitative estimate of drug-likeness (QED) is 0.246. The van der Waals surface area contributed by atoms with E-state index >= 15 is 0 Å². The number of nitro groups is 1. The van der Waals surface area contributed by atoms with Gasteiger partial charge in [0.25, 0.3) is 5.69 Å². The summed E-state index contributed by atoms with van der Waals surface area (Å²) in [5.74, 6) is -1.88. The molecule has 1 rings (SSSR count). The van der Waals surface area contributed by atoms with Crippen LogP contribution >= 0.6 is 7.60 Å². The van der Waals surface area contributed by atoms with Gasteiger partial charge in [0.1, 0.15) is 6.04 Å². The Kier molecular flexibility index (Phi) is 9.04. The fourth-order valence-electron chi connectivity index (χ4n) is 2.33. The third-order valence-corrected chi connectivity index (χ3v) is 5.84. The molecule has 28 heavy (non-hydrogen) atoms. The van der Waals surface area contributed by atoms with E-state index in [2.05, 4.69) is 5.32 Å². The zero-order chi connectivity index (χ0) is 21.3. The van der Waals surface area contributed by atoms with Crippen LogP contribution in [0.1, 0.15) is 13.8 Å². The van der Waals surface area contributed by atoms with Crippen LogP contribution in [0.5, 0.6) is 0 Å². The molecule has 0 aliphatic heterocycles. The maximum atomic E-state index is 13.0. The van der Waals surface area contributed by atoms with Gasteiger partial charge in [-0.05, 0) is 26.0 Å². The molecule has 0 aromatic heterocycles. The lowest BCUT2D eigenvalue weighted by atomic mass is 10.1. The Labute approximate surface area is 162 Å². The van der Waals surface area contributed by atoms with E-state index in [1.807, 2.05) is 0 Å². The first-order valence-corrected chi connectivity index (χ1v) is 9.90. The Morgan fingerprint density at radius 2 is 1.57 bits per heavy atom. The van der Waals surface area contributed by atoms with Crippen molar-refractivity contribution in [2.45, 2.75) is 25.5 Å². The lowest BCUT2D eigenvalue weighted by Crippen LogP contribution is -2.47. The second-order valence-electron chi connectivity index (χ2n) is 5.28. The summed E-state index contributed by atoms with van der Waals surface area (Å²) in [5, 5.41) is 13.5. The smallest absolute Gasteiger partial charge is 0.347 e. The zero-order valence-electron chi connectivity index (χ0n) is 15.9. The molecule has 2 unspecified atom stereocenters. The molecule has 0 aliphatic carbocycles. The van der Waals surface area contributed by atoms with Crippen molar-refractivity contribution >= 4 is 30.9 Å². The van der Waals surface area contributed by atoms with Crippen LogP contribution in [0.25, 0.3) is 0 Å². The highest BCUT2D eigenvalue weighted by Gasteiger charge is 2.50. The number of rotatable bonds is 11. The molecule has 0 bridgehead atoms. The minimum atomic E-state index is -4.12. The maximum Gasteiger partial charge on any atom is 0.347 e. The van der Waals surface area contributed by atoms with Crippen molar-refractivity contribution in [3.8, 4) is 0 Å². The summed E-state index contributed by atoms with van der Waals surface area (Å²) in [7, 11) is -1.97. The molecule has 2 atom stereocenters. The van der Waals surface area contributed by atoms with Crippen LogP contribution in [0.3, 0.4) is 0 Å². The van der Waals surface area contributed by atoms with Crippen molar-refractivity contribution in [1.29, 1.82) is 0 Å². The van der Waals surface area contributed by atoms with Gasteiger partial charge in [-0.3, -0.25) is 19.5 Å². The Balaban J connectivity index is 3.37. The number of non-ortho nitro benzene ring substituents is 1. The van der Waals surface area contributed by atoms with E-state index in [9.17, 15) is 24.3 Å². The number of hydrogen-bond donors (Lipinski definition) is 1. The first kappa shape index (κ1) is 23.5. The first-order valence-electron chi connectivity index (χ1n) is 8.29. The highest BCUT2D eigenvalue weighted by atomic mass is 31.2. The normalized spacial score (nSPS) is 13.3. The van der Waals surface area contributed by atoms with Gasteiger partial charge in [-0.15, -0.1) is 0 Å². The number of nitrogens with one attached hydrogen (secondary N) is 1. The molecule has 1 aromatic carbocycles. The average Bonchev–Trinajstić information content (AvgIpc) is 2.68. The van der Waals surface area contributed by atoms with Crippen LogP contribution in [0.4, 0.5) is 11.4 Å². The fourth-order valence-corrected chi connectivity index (χ4v) is 3.83. The summed E-state index contributed by atoms with van der Waals surface area (Å²) >= 11 is 0. The molecule has 0 fully saturated rings. The number of nitrogens with zero attached hydrogens (tertiary/aromatic N) is 1. The molecule has 11 nitrogen and oxygen atoms in total. The second-order valence-corrected chi connectivity index (χ2v) is 7.65. The van der Waals surface area contributed by atoms with Gasteiger partial charge in [0.2, 0.25) is 0 Å².